The highest BCUT2D eigenvalue weighted by atomic mass is 35.5. The molecule has 0 radical (unpaired) electrons. The van der Waals surface area contributed by atoms with Gasteiger partial charge in [-0.25, -0.2) is 0 Å². The third kappa shape index (κ3) is 6.99. The van der Waals surface area contributed by atoms with Crippen LogP contribution in [0.4, 0.5) is 0 Å². The zero-order chi connectivity index (χ0) is 21.6. The number of likely N-dealkylation sites (tertiary alicyclic amines) is 1. The number of amides is 1. The Morgan fingerprint density at radius 1 is 1.23 bits per heavy atom. The van der Waals surface area contributed by atoms with Gasteiger partial charge < -0.3 is 15.0 Å². The number of carbonyl (C=O) groups excluding carboxylic acids is 1. The van der Waals surface area contributed by atoms with Crippen LogP contribution in [0, 0.1) is 5.41 Å². The summed E-state index contributed by atoms with van der Waals surface area (Å²) in [6, 6.07) is 11.0. The van der Waals surface area contributed by atoms with Crippen molar-refractivity contribution in [3.63, 3.8) is 0 Å². The van der Waals surface area contributed by atoms with E-state index in [1.807, 2.05) is 18.2 Å². The first-order chi connectivity index (χ1) is 14.3. The van der Waals surface area contributed by atoms with E-state index < -0.39 is 0 Å². The van der Waals surface area contributed by atoms with Crippen LogP contribution in [-0.4, -0.2) is 48.1 Å². The van der Waals surface area contributed by atoms with Crippen molar-refractivity contribution in [2.75, 3.05) is 26.2 Å². The largest absolute Gasteiger partial charge is 0.489 e. The van der Waals surface area contributed by atoms with E-state index in [1.165, 1.54) is 0 Å². The summed E-state index contributed by atoms with van der Waals surface area (Å²) in [5.41, 5.74) is 1.80. The van der Waals surface area contributed by atoms with Crippen LogP contribution < -0.4 is 10.1 Å². The number of aromatic nitrogens is 1. The maximum Gasteiger partial charge on any atom is 0.251 e. The zero-order valence-corrected chi connectivity index (χ0v) is 18.9. The Labute approximate surface area is 184 Å². The quantitative estimate of drug-likeness (QED) is 0.699. The van der Waals surface area contributed by atoms with Crippen LogP contribution in [0.5, 0.6) is 5.75 Å². The molecule has 0 atom stereocenters. The van der Waals surface area contributed by atoms with Crippen molar-refractivity contribution in [1.29, 1.82) is 0 Å². The molecule has 30 heavy (non-hydrogen) atoms. The third-order valence-electron chi connectivity index (χ3n) is 5.11. The fraction of sp³-hybridized carbons (Fsp3) is 0.500. The molecule has 2 heterocycles. The number of hydrogen-bond acceptors (Lipinski definition) is 4. The maximum atomic E-state index is 12.4. The molecular formula is C24H32ClN3O2. The maximum absolute atomic E-state index is 12.4. The van der Waals surface area contributed by atoms with Gasteiger partial charge in [-0.15, -0.1) is 0 Å². The van der Waals surface area contributed by atoms with Crippen LogP contribution in [0.2, 0.25) is 5.02 Å². The molecule has 3 rings (SSSR count). The predicted octanol–water partition coefficient (Wildman–Crippen LogP) is 4.60. The summed E-state index contributed by atoms with van der Waals surface area (Å²) in [6.45, 7) is 10.5. The summed E-state index contributed by atoms with van der Waals surface area (Å²) in [6.07, 6.45) is 4.58. The van der Waals surface area contributed by atoms with Gasteiger partial charge in [0.05, 0.1) is 5.02 Å². The van der Waals surface area contributed by atoms with Crippen LogP contribution in [0.1, 0.15) is 49.7 Å². The second kappa shape index (κ2) is 10.3. The summed E-state index contributed by atoms with van der Waals surface area (Å²) >= 11 is 6.41. The molecule has 1 aromatic heterocycles. The first-order valence-electron chi connectivity index (χ1n) is 10.7. The highest BCUT2D eigenvalue weighted by Gasteiger charge is 2.24. The minimum absolute atomic E-state index is 0.144. The summed E-state index contributed by atoms with van der Waals surface area (Å²) in [5.74, 6) is 0.505. The Morgan fingerprint density at radius 2 is 2.00 bits per heavy atom. The van der Waals surface area contributed by atoms with Gasteiger partial charge in [-0.2, -0.15) is 0 Å². The SMILES string of the molecule is CC(C)(C)CN1CCC(Oc2ccc(C(=O)NCCc3ccccn3)cc2Cl)CC1. The molecule has 1 aliphatic rings. The number of nitrogens with zero attached hydrogens (tertiary/aromatic N) is 2. The number of carbonyl (C=O) groups is 1. The van der Waals surface area contributed by atoms with Gasteiger partial charge in [0.2, 0.25) is 0 Å². The molecule has 162 valence electrons. The lowest BCUT2D eigenvalue weighted by Crippen LogP contribution is -2.42. The summed E-state index contributed by atoms with van der Waals surface area (Å²) in [5, 5.41) is 3.39. The Kier molecular flexibility index (Phi) is 7.73. The topological polar surface area (TPSA) is 54.5 Å². The van der Waals surface area contributed by atoms with Gasteiger partial charge in [0.1, 0.15) is 11.9 Å². The number of ether oxygens (including phenoxy) is 1. The number of hydrogen-bond donors (Lipinski definition) is 1. The number of piperidine rings is 1. The average molecular weight is 430 g/mol. The van der Waals surface area contributed by atoms with Gasteiger partial charge in [-0.3, -0.25) is 9.78 Å². The van der Waals surface area contributed by atoms with Crippen molar-refractivity contribution in [3.05, 3.63) is 58.9 Å². The second-order valence-corrected chi connectivity index (χ2v) is 9.53. The Hall–Kier alpha value is -2.11. The van der Waals surface area contributed by atoms with Gasteiger partial charge in [-0.05, 0) is 48.6 Å². The molecule has 1 N–H and O–H groups in total. The third-order valence-corrected chi connectivity index (χ3v) is 5.41. The lowest BCUT2D eigenvalue weighted by atomic mass is 9.94. The Balaban J connectivity index is 1.47. The first kappa shape index (κ1) is 22.6. The predicted molar refractivity (Wildman–Crippen MR) is 121 cm³/mol. The minimum atomic E-state index is -0.144. The highest BCUT2D eigenvalue weighted by molar-refractivity contribution is 6.32. The van der Waals surface area contributed by atoms with Gasteiger partial charge in [0.25, 0.3) is 5.91 Å². The molecule has 6 heteroatoms. The molecule has 1 aromatic carbocycles. The lowest BCUT2D eigenvalue weighted by Gasteiger charge is -2.36. The molecule has 1 amide bonds. The van der Waals surface area contributed by atoms with Gasteiger partial charge in [0, 0.05) is 50.1 Å². The van der Waals surface area contributed by atoms with Crippen molar-refractivity contribution in [1.82, 2.24) is 15.2 Å². The van der Waals surface area contributed by atoms with Gasteiger partial charge in [-0.1, -0.05) is 38.4 Å². The summed E-state index contributed by atoms with van der Waals surface area (Å²) in [7, 11) is 0. The lowest BCUT2D eigenvalue weighted by molar-refractivity contribution is 0.0811. The zero-order valence-electron chi connectivity index (χ0n) is 18.2. The van der Waals surface area contributed by atoms with Crippen molar-refractivity contribution in [3.8, 4) is 5.75 Å². The Morgan fingerprint density at radius 3 is 2.63 bits per heavy atom. The smallest absolute Gasteiger partial charge is 0.251 e. The molecule has 0 bridgehead atoms. The van der Waals surface area contributed by atoms with E-state index in [0.717, 1.165) is 38.2 Å². The molecule has 0 aliphatic carbocycles. The van der Waals surface area contributed by atoms with E-state index in [1.54, 1.807) is 24.4 Å². The van der Waals surface area contributed by atoms with Gasteiger partial charge >= 0.3 is 0 Å². The molecule has 0 spiro atoms. The first-order valence-corrected chi connectivity index (χ1v) is 11.0. The minimum Gasteiger partial charge on any atom is -0.489 e. The molecule has 0 unspecified atom stereocenters. The van der Waals surface area contributed by atoms with E-state index in [9.17, 15) is 4.79 Å². The normalized spacial score (nSPS) is 15.7. The standard InChI is InChI=1S/C24H32ClN3O2/c1-24(2,3)17-28-14-10-20(11-15-28)30-22-8-7-18(16-21(22)25)23(29)27-13-9-19-6-4-5-12-26-19/h4-8,12,16,20H,9-11,13-15,17H2,1-3H3,(H,27,29). The van der Waals surface area contributed by atoms with E-state index in [4.69, 9.17) is 16.3 Å². The van der Waals surface area contributed by atoms with Crippen LogP contribution in [0.15, 0.2) is 42.6 Å². The average Bonchev–Trinajstić information content (AvgIpc) is 2.70. The van der Waals surface area contributed by atoms with E-state index in [2.05, 4.69) is 36.0 Å². The number of nitrogens with one attached hydrogen (secondary N) is 1. The number of benzene rings is 1. The number of halogens is 1. The van der Waals surface area contributed by atoms with Crippen molar-refractivity contribution >= 4 is 17.5 Å². The summed E-state index contributed by atoms with van der Waals surface area (Å²) < 4.78 is 6.14. The second-order valence-electron chi connectivity index (χ2n) is 9.13. The van der Waals surface area contributed by atoms with E-state index >= 15 is 0 Å². The number of rotatable bonds is 7. The fourth-order valence-electron chi connectivity index (χ4n) is 3.73. The molecule has 1 aliphatic heterocycles. The monoisotopic (exact) mass is 429 g/mol. The highest BCUT2D eigenvalue weighted by Crippen LogP contribution is 2.29. The molecule has 5 nitrogen and oxygen atoms in total. The van der Waals surface area contributed by atoms with E-state index in [-0.39, 0.29) is 12.0 Å². The summed E-state index contributed by atoms with van der Waals surface area (Å²) in [4.78, 5) is 19.2. The van der Waals surface area contributed by atoms with Crippen molar-refractivity contribution in [2.24, 2.45) is 5.41 Å². The molecule has 1 fully saturated rings. The Bertz CT molecular complexity index is 828. The molecular weight excluding hydrogens is 398 g/mol. The van der Waals surface area contributed by atoms with Gasteiger partial charge in [0.15, 0.2) is 0 Å². The van der Waals surface area contributed by atoms with E-state index in [0.29, 0.717) is 34.7 Å². The molecule has 1 saturated heterocycles. The van der Waals surface area contributed by atoms with Crippen LogP contribution in [-0.2, 0) is 6.42 Å². The van der Waals surface area contributed by atoms with Crippen LogP contribution in [0.3, 0.4) is 0 Å². The van der Waals surface area contributed by atoms with Crippen molar-refractivity contribution in [2.45, 2.75) is 46.1 Å². The molecule has 0 saturated carbocycles. The van der Waals surface area contributed by atoms with Crippen molar-refractivity contribution < 1.29 is 9.53 Å². The number of pyridine rings is 1. The van der Waals surface area contributed by atoms with Crippen LogP contribution >= 0.6 is 11.6 Å². The fourth-order valence-corrected chi connectivity index (χ4v) is 3.95. The molecule has 2 aromatic rings. The van der Waals surface area contributed by atoms with Crippen LogP contribution in [0.25, 0.3) is 0 Å².